The van der Waals surface area contributed by atoms with Gasteiger partial charge in [-0.25, -0.2) is 4.39 Å². The topological polar surface area (TPSA) is 0 Å². The molecule has 0 saturated heterocycles. The summed E-state index contributed by atoms with van der Waals surface area (Å²) in [5.41, 5.74) is 1.03. The van der Waals surface area contributed by atoms with Crippen molar-refractivity contribution >= 4 is 55.1 Å². The minimum Gasteiger partial charge on any atom is -0.207 e. The van der Waals surface area contributed by atoms with Gasteiger partial charge in [0.15, 0.2) is 0 Å². The minimum atomic E-state index is -0.458. The van der Waals surface area contributed by atoms with E-state index >= 15 is 0 Å². The van der Waals surface area contributed by atoms with Crippen molar-refractivity contribution in [1.82, 2.24) is 0 Å². The Bertz CT molecular complexity index is 607. The number of hydrogen-bond donors (Lipinski definition) is 0. The lowest BCUT2D eigenvalue weighted by Gasteiger charge is -2.32. The van der Waals surface area contributed by atoms with E-state index in [-0.39, 0.29) is 5.82 Å². The fraction of sp³-hybridized carbons (Fsp3) is 0.250. The number of halogens is 5. The molecular formula is C16H13Br2Cl2F. The summed E-state index contributed by atoms with van der Waals surface area (Å²) in [6.07, 6.45) is 0.545. The molecule has 0 unspecified atom stereocenters. The van der Waals surface area contributed by atoms with E-state index in [9.17, 15) is 4.39 Å². The van der Waals surface area contributed by atoms with Gasteiger partial charge < -0.3 is 0 Å². The van der Waals surface area contributed by atoms with Crippen LogP contribution in [-0.2, 0) is 11.8 Å². The summed E-state index contributed by atoms with van der Waals surface area (Å²) in [4.78, 5) is 0. The molecule has 0 aliphatic rings. The standard InChI is InChI=1S/C16H13Br2Cl2F/c17-9-16(10-18,12-4-1-2-7-15(12)21)8-11-13(19)5-3-6-14(11)20/h1-7H,8-10H2. The van der Waals surface area contributed by atoms with Gasteiger partial charge in [0.1, 0.15) is 5.82 Å². The summed E-state index contributed by atoms with van der Waals surface area (Å²) in [7, 11) is 0. The first-order valence-electron chi connectivity index (χ1n) is 6.34. The Morgan fingerprint density at radius 3 is 2.00 bits per heavy atom. The van der Waals surface area contributed by atoms with E-state index in [1.807, 2.05) is 12.1 Å². The van der Waals surface area contributed by atoms with Crippen LogP contribution < -0.4 is 0 Å². The molecule has 0 heterocycles. The van der Waals surface area contributed by atoms with Crippen LogP contribution in [0.1, 0.15) is 11.1 Å². The fourth-order valence-corrected chi connectivity index (χ4v) is 4.76. The van der Waals surface area contributed by atoms with Crippen molar-refractivity contribution in [2.75, 3.05) is 10.7 Å². The summed E-state index contributed by atoms with van der Waals surface area (Å²) < 4.78 is 14.3. The maximum atomic E-state index is 14.3. The lowest BCUT2D eigenvalue weighted by molar-refractivity contribution is 0.501. The predicted molar refractivity (Wildman–Crippen MR) is 95.8 cm³/mol. The molecule has 0 saturated carbocycles. The first kappa shape index (κ1) is 17.3. The molecule has 0 aliphatic carbocycles. The first-order valence-corrected chi connectivity index (χ1v) is 9.34. The molecule has 2 rings (SSSR count). The summed E-state index contributed by atoms with van der Waals surface area (Å²) in [5.74, 6) is -0.223. The molecule has 0 amide bonds. The average molecular weight is 455 g/mol. The van der Waals surface area contributed by atoms with Crippen LogP contribution in [0.2, 0.25) is 10.0 Å². The van der Waals surface area contributed by atoms with Crippen LogP contribution in [0.25, 0.3) is 0 Å². The van der Waals surface area contributed by atoms with E-state index in [1.54, 1.807) is 24.3 Å². The van der Waals surface area contributed by atoms with Gasteiger partial charge in [-0.05, 0) is 35.7 Å². The molecule has 5 heteroatoms. The van der Waals surface area contributed by atoms with Crippen molar-refractivity contribution in [3.63, 3.8) is 0 Å². The smallest absolute Gasteiger partial charge is 0.127 e. The Labute approximate surface area is 150 Å². The monoisotopic (exact) mass is 452 g/mol. The van der Waals surface area contributed by atoms with E-state index in [4.69, 9.17) is 23.2 Å². The van der Waals surface area contributed by atoms with Gasteiger partial charge in [-0.1, -0.05) is 79.3 Å². The Hall–Kier alpha value is -0.0900. The fourth-order valence-electron chi connectivity index (χ4n) is 2.30. The number of hydrogen-bond acceptors (Lipinski definition) is 0. The highest BCUT2D eigenvalue weighted by molar-refractivity contribution is 9.09. The molecule has 0 N–H and O–H groups in total. The van der Waals surface area contributed by atoms with Crippen LogP contribution in [0.4, 0.5) is 4.39 Å². The Kier molecular flexibility index (Phi) is 6.13. The molecule has 112 valence electrons. The van der Waals surface area contributed by atoms with Crippen LogP contribution in [-0.4, -0.2) is 10.7 Å². The van der Waals surface area contributed by atoms with Crippen LogP contribution in [0, 0.1) is 5.82 Å². The average Bonchev–Trinajstić information content (AvgIpc) is 2.49. The highest BCUT2D eigenvalue weighted by Crippen LogP contribution is 2.38. The van der Waals surface area contributed by atoms with Crippen molar-refractivity contribution in [1.29, 1.82) is 0 Å². The van der Waals surface area contributed by atoms with E-state index in [2.05, 4.69) is 31.9 Å². The molecule has 21 heavy (non-hydrogen) atoms. The maximum Gasteiger partial charge on any atom is 0.127 e. The number of rotatable bonds is 5. The van der Waals surface area contributed by atoms with Gasteiger partial charge >= 0.3 is 0 Å². The molecule has 0 bridgehead atoms. The molecule has 0 nitrogen and oxygen atoms in total. The quantitative estimate of drug-likeness (QED) is 0.458. The van der Waals surface area contributed by atoms with Crippen LogP contribution in [0.5, 0.6) is 0 Å². The molecule has 0 aromatic heterocycles. The second kappa shape index (κ2) is 7.45. The predicted octanol–water partition coefficient (Wildman–Crippen LogP) is 6.40. The summed E-state index contributed by atoms with van der Waals surface area (Å²) in [6.45, 7) is 0. The molecule has 2 aromatic carbocycles. The van der Waals surface area contributed by atoms with Gasteiger partial charge in [-0.15, -0.1) is 0 Å². The lowest BCUT2D eigenvalue weighted by Crippen LogP contribution is -2.34. The zero-order valence-corrected chi connectivity index (χ0v) is 15.7. The zero-order chi connectivity index (χ0) is 15.5. The second-order valence-electron chi connectivity index (χ2n) is 4.90. The van der Waals surface area contributed by atoms with Crippen molar-refractivity contribution in [2.24, 2.45) is 0 Å². The van der Waals surface area contributed by atoms with E-state index in [1.165, 1.54) is 6.07 Å². The molecule has 0 radical (unpaired) electrons. The Balaban J connectivity index is 2.51. The highest BCUT2D eigenvalue weighted by Gasteiger charge is 2.34. The summed E-state index contributed by atoms with van der Waals surface area (Å²) >= 11 is 19.6. The first-order chi connectivity index (χ1) is 10.0. The molecule has 0 atom stereocenters. The largest absolute Gasteiger partial charge is 0.207 e. The zero-order valence-electron chi connectivity index (χ0n) is 11.1. The lowest BCUT2D eigenvalue weighted by atomic mass is 9.78. The van der Waals surface area contributed by atoms with Crippen LogP contribution in [0.15, 0.2) is 42.5 Å². The van der Waals surface area contributed by atoms with E-state index in [0.717, 1.165) is 5.56 Å². The molecular weight excluding hydrogens is 442 g/mol. The third kappa shape index (κ3) is 3.64. The number of alkyl halides is 2. The SMILES string of the molecule is Fc1ccccc1C(CBr)(CBr)Cc1c(Cl)cccc1Cl. The Morgan fingerprint density at radius 2 is 1.48 bits per heavy atom. The van der Waals surface area contributed by atoms with E-state index in [0.29, 0.717) is 32.7 Å². The van der Waals surface area contributed by atoms with Crippen molar-refractivity contribution in [3.8, 4) is 0 Å². The van der Waals surface area contributed by atoms with Crippen molar-refractivity contribution < 1.29 is 4.39 Å². The highest BCUT2D eigenvalue weighted by atomic mass is 79.9. The molecule has 0 spiro atoms. The van der Waals surface area contributed by atoms with Gasteiger partial charge in [0.25, 0.3) is 0 Å². The summed E-state index contributed by atoms with van der Waals surface area (Å²) in [6, 6.07) is 12.2. The van der Waals surface area contributed by atoms with Crippen molar-refractivity contribution in [2.45, 2.75) is 11.8 Å². The third-order valence-corrected chi connectivity index (χ3v) is 6.39. The van der Waals surface area contributed by atoms with Crippen LogP contribution >= 0.6 is 55.1 Å². The maximum absolute atomic E-state index is 14.3. The van der Waals surface area contributed by atoms with Crippen LogP contribution in [0.3, 0.4) is 0 Å². The minimum absolute atomic E-state index is 0.223. The van der Waals surface area contributed by atoms with Gasteiger partial charge in [0.2, 0.25) is 0 Å². The van der Waals surface area contributed by atoms with Crippen molar-refractivity contribution in [3.05, 3.63) is 69.5 Å². The van der Waals surface area contributed by atoms with Gasteiger partial charge in [-0.3, -0.25) is 0 Å². The van der Waals surface area contributed by atoms with Gasteiger partial charge in [0, 0.05) is 26.1 Å². The number of benzene rings is 2. The summed E-state index contributed by atoms with van der Waals surface area (Å²) in [5, 5.41) is 2.39. The second-order valence-corrected chi connectivity index (χ2v) is 6.84. The third-order valence-electron chi connectivity index (χ3n) is 3.53. The molecule has 0 aliphatic heterocycles. The van der Waals surface area contributed by atoms with E-state index < -0.39 is 5.41 Å². The van der Waals surface area contributed by atoms with Gasteiger partial charge in [0.05, 0.1) is 0 Å². The Morgan fingerprint density at radius 1 is 0.905 bits per heavy atom. The molecule has 2 aromatic rings. The molecule has 0 fully saturated rings. The van der Waals surface area contributed by atoms with Gasteiger partial charge in [-0.2, -0.15) is 0 Å². The normalized spacial score (nSPS) is 11.7.